The molecule has 2 fully saturated rings. The number of rotatable bonds is 2. The molecule has 106 valence electrons. The molecule has 1 spiro atoms. The van der Waals surface area contributed by atoms with Crippen molar-refractivity contribution in [1.29, 1.82) is 0 Å². The van der Waals surface area contributed by atoms with Crippen LogP contribution >= 0.6 is 11.3 Å². The highest BCUT2D eigenvalue weighted by Gasteiger charge is 2.52. The average Bonchev–Trinajstić information content (AvgIpc) is 2.96. The van der Waals surface area contributed by atoms with E-state index in [0.717, 1.165) is 48.3 Å². The van der Waals surface area contributed by atoms with Gasteiger partial charge in [-0.25, -0.2) is 9.69 Å². The summed E-state index contributed by atoms with van der Waals surface area (Å²) < 4.78 is 0. The summed E-state index contributed by atoms with van der Waals surface area (Å²) in [6.07, 6.45) is 4.72. The fourth-order valence-electron chi connectivity index (χ4n) is 3.30. The summed E-state index contributed by atoms with van der Waals surface area (Å²) in [5, 5.41) is 10.8. The number of hydrogen-bond donors (Lipinski definition) is 1. The molecule has 1 aliphatic carbocycles. The number of carbonyl (C=O) groups excluding carboxylic acids is 2. The predicted octanol–water partition coefficient (Wildman–Crippen LogP) is 2.66. The average molecular weight is 293 g/mol. The number of carbonyl (C=O) groups is 3. The predicted molar refractivity (Wildman–Crippen MR) is 73.9 cm³/mol. The van der Waals surface area contributed by atoms with Crippen LogP contribution in [0, 0.1) is 5.41 Å². The van der Waals surface area contributed by atoms with Gasteiger partial charge in [-0.3, -0.25) is 9.59 Å². The van der Waals surface area contributed by atoms with Gasteiger partial charge in [-0.05, 0) is 24.3 Å². The Labute approximate surface area is 120 Å². The number of carboxylic acid groups (broad SMARTS) is 1. The van der Waals surface area contributed by atoms with Crippen molar-refractivity contribution in [3.8, 4) is 0 Å². The second kappa shape index (κ2) is 4.70. The Morgan fingerprint density at radius 3 is 2.60 bits per heavy atom. The molecule has 0 atom stereocenters. The lowest BCUT2D eigenvalue weighted by molar-refractivity contribution is -0.127. The van der Waals surface area contributed by atoms with Crippen LogP contribution in [-0.2, 0) is 9.59 Å². The molecule has 6 heteroatoms. The topological polar surface area (TPSA) is 74.7 Å². The lowest BCUT2D eigenvalue weighted by atomic mass is 9.73. The smallest absolute Gasteiger partial charge is 0.348 e. The molecule has 1 aromatic heterocycles. The van der Waals surface area contributed by atoms with Crippen molar-refractivity contribution < 1.29 is 19.5 Å². The van der Waals surface area contributed by atoms with Gasteiger partial charge in [0, 0.05) is 6.42 Å². The molecule has 0 bridgehead atoms. The first-order valence-electron chi connectivity index (χ1n) is 6.73. The van der Waals surface area contributed by atoms with Gasteiger partial charge in [-0.15, -0.1) is 11.3 Å². The molecule has 5 nitrogen and oxygen atoms in total. The van der Waals surface area contributed by atoms with Gasteiger partial charge >= 0.3 is 5.97 Å². The minimum atomic E-state index is -1.10. The molecule has 3 rings (SSSR count). The molecule has 1 aliphatic heterocycles. The highest BCUT2D eigenvalue weighted by Crippen LogP contribution is 2.47. The highest BCUT2D eigenvalue weighted by atomic mass is 32.1. The summed E-state index contributed by atoms with van der Waals surface area (Å²) >= 11 is 1.04. The lowest BCUT2D eigenvalue weighted by Gasteiger charge is -2.30. The van der Waals surface area contributed by atoms with Crippen LogP contribution < -0.4 is 4.90 Å². The van der Waals surface area contributed by atoms with Gasteiger partial charge < -0.3 is 5.11 Å². The van der Waals surface area contributed by atoms with E-state index in [1.54, 1.807) is 11.4 Å². The number of hydrogen-bond acceptors (Lipinski definition) is 4. The maximum atomic E-state index is 12.7. The second-order valence-corrected chi connectivity index (χ2v) is 6.41. The minimum Gasteiger partial charge on any atom is -0.477 e. The van der Waals surface area contributed by atoms with Crippen LogP contribution in [0.5, 0.6) is 0 Å². The van der Waals surface area contributed by atoms with Crippen LogP contribution in [0.2, 0.25) is 0 Å². The van der Waals surface area contributed by atoms with E-state index in [-0.39, 0.29) is 28.8 Å². The zero-order chi connectivity index (χ0) is 14.3. The maximum absolute atomic E-state index is 12.7. The van der Waals surface area contributed by atoms with Crippen molar-refractivity contribution >= 4 is 34.8 Å². The fraction of sp³-hybridized carbons (Fsp3) is 0.500. The molecule has 0 aromatic carbocycles. The van der Waals surface area contributed by atoms with Gasteiger partial charge in [-0.2, -0.15) is 0 Å². The molecule has 0 radical (unpaired) electrons. The van der Waals surface area contributed by atoms with Crippen molar-refractivity contribution in [3.05, 3.63) is 16.3 Å². The molecule has 1 N–H and O–H groups in total. The first kappa shape index (κ1) is 13.3. The monoisotopic (exact) mass is 293 g/mol. The Kier molecular flexibility index (Phi) is 3.12. The SMILES string of the molecule is O=C(O)c1sccc1N1C(=O)CC2(CCCCC2)C1=O. The number of anilines is 1. The van der Waals surface area contributed by atoms with Crippen LogP contribution in [0.1, 0.15) is 48.2 Å². The van der Waals surface area contributed by atoms with Crippen LogP contribution in [0.4, 0.5) is 5.69 Å². The van der Waals surface area contributed by atoms with Crippen LogP contribution in [-0.4, -0.2) is 22.9 Å². The summed E-state index contributed by atoms with van der Waals surface area (Å²) in [4.78, 5) is 37.3. The quantitative estimate of drug-likeness (QED) is 0.851. The molecule has 2 amide bonds. The number of amides is 2. The second-order valence-electron chi connectivity index (χ2n) is 5.49. The molecular formula is C14H15NO4S. The van der Waals surface area contributed by atoms with E-state index in [1.165, 1.54) is 0 Å². The largest absolute Gasteiger partial charge is 0.477 e. The van der Waals surface area contributed by atoms with Crippen LogP contribution in [0.3, 0.4) is 0 Å². The van der Waals surface area contributed by atoms with E-state index in [2.05, 4.69) is 0 Å². The number of imide groups is 1. The first-order valence-corrected chi connectivity index (χ1v) is 7.61. The Bertz CT molecular complexity index is 586. The normalized spacial score (nSPS) is 21.7. The van der Waals surface area contributed by atoms with Gasteiger partial charge in [0.1, 0.15) is 4.88 Å². The van der Waals surface area contributed by atoms with Crippen molar-refractivity contribution in [2.75, 3.05) is 4.90 Å². The molecule has 1 aromatic rings. The number of thiophene rings is 1. The summed E-state index contributed by atoms with van der Waals surface area (Å²) in [5.41, 5.74) is -0.340. The van der Waals surface area contributed by atoms with Gasteiger partial charge in [0.15, 0.2) is 0 Å². The highest BCUT2D eigenvalue weighted by molar-refractivity contribution is 7.12. The van der Waals surface area contributed by atoms with Gasteiger partial charge in [-0.1, -0.05) is 19.3 Å². The Morgan fingerprint density at radius 2 is 1.95 bits per heavy atom. The zero-order valence-corrected chi connectivity index (χ0v) is 11.7. The summed E-state index contributed by atoms with van der Waals surface area (Å²) in [6, 6.07) is 1.55. The number of nitrogens with zero attached hydrogens (tertiary/aromatic N) is 1. The van der Waals surface area contributed by atoms with E-state index in [9.17, 15) is 14.4 Å². The van der Waals surface area contributed by atoms with Crippen molar-refractivity contribution in [1.82, 2.24) is 0 Å². The van der Waals surface area contributed by atoms with Crippen molar-refractivity contribution in [2.24, 2.45) is 5.41 Å². The summed E-state index contributed by atoms with van der Waals surface area (Å²) in [5.74, 6) is -1.57. The third-order valence-corrected chi connectivity index (χ3v) is 5.18. The fourth-order valence-corrected chi connectivity index (χ4v) is 4.01. The Morgan fingerprint density at radius 1 is 1.25 bits per heavy atom. The van der Waals surface area contributed by atoms with Crippen LogP contribution in [0.25, 0.3) is 0 Å². The molecule has 20 heavy (non-hydrogen) atoms. The molecule has 1 saturated carbocycles. The third-order valence-electron chi connectivity index (χ3n) is 4.29. The summed E-state index contributed by atoms with van der Waals surface area (Å²) in [6.45, 7) is 0. The van der Waals surface area contributed by atoms with Crippen LogP contribution in [0.15, 0.2) is 11.4 Å². The van der Waals surface area contributed by atoms with Gasteiger partial charge in [0.25, 0.3) is 0 Å². The first-order chi connectivity index (χ1) is 9.55. The van der Waals surface area contributed by atoms with E-state index in [4.69, 9.17) is 5.11 Å². The summed E-state index contributed by atoms with van der Waals surface area (Å²) in [7, 11) is 0. The van der Waals surface area contributed by atoms with Crippen molar-refractivity contribution in [2.45, 2.75) is 38.5 Å². The number of carboxylic acids is 1. The third kappa shape index (κ3) is 1.86. The lowest BCUT2D eigenvalue weighted by Crippen LogP contribution is -2.37. The molecular weight excluding hydrogens is 278 g/mol. The molecule has 2 heterocycles. The standard InChI is InChI=1S/C14H15NO4S/c16-10-8-14(5-2-1-3-6-14)13(19)15(10)9-4-7-20-11(9)12(17)18/h4,7H,1-3,5-6,8H2,(H,17,18). The van der Waals surface area contributed by atoms with E-state index < -0.39 is 11.4 Å². The van der Waals surface area contributed by atoms with Crippen molar-refractivity contribution in [3.63, 3.8) is 0 Å². The number of aromatic carboxylic acids is 1. The molecule has 0 unspecified atom stereocenters. The Hall–Kier alpha value is -1.69. The molecule has 1 saturated heterocycles. The van der Waals surface area contributed by atoms with E-state index in [1.807, 2.05) is 0 Å². The maximum Gasteiger partial charge on any atom is 0.348 e. The van der Waals surface area contributed by atoms with Gasteiger partial charge in [0.2, 0.25) is 11.8 Å². The molecule has 2 aliphatic rings. The zero-order valence-electron chi connectivity index (χ0n) is 10.9. The van der Waals surface area contributed by atoms with Gasteiger partial charge in [0.05, 0.1) is 11.1 Å². The Balaban J connectivity index is 1.98. The minimum absolute atomic E-state index is 0.0551. The van der Waals surface area contributed by atoms with E-state index in [0.29, 0.717) is 0 Å². The van der Waals surface area contributed by atoms with E-state index >= 15 is 0 Å².